The molecule has 0 aliphatic heterocycles. The molecule has 0 aromatic carbocycles. The third-order valence-corrected chi connectivity index (χ3v) is 3.44. The van der Waals surface area contributed by atoms with E-state index >= 15 is 0 Å². The van der Waals surface area contributed by atoms with Crippen LogP contribution in [-0.2, 0) is 11.3 Å². The minimum absolute atomic E-state index is 0.0412. The zero-order valence-corrected chi connectivity index (χ0v) is 11.2. The van der Waals surface area contributed by atoms with E-state index in [0.717, 1.165) is 10.4 Å². The SMILES string of the molecule is Cc1ccsc1/C=N\NC(=O)Cn1ccccc1=O. The fourth-order valence-electron chi connectivity index (χ4n) is 1.46. The molecule has 2 rings (SSSR count). The molecule has 2 aromatic rings. The van der Waals surface area contributed by atoms with Crippen molar-refractivity contribution in [3.05, 3.63) is 56.6 Å². The Labute approximate surface area is 114 Å². The van der Waals surface area contributed by atoms with Gasteiger partial charge in [-0.25, -0.2) is 5.43 Å². The molecule has 98 valence electrons. The first-order chi connectivity index (χ1) is 9.16. The monoisotopic (exact) mass is 275 g/mol. The second kappa shape index (κ2) is 6.10. The lowest BCUT2D eigenvalue weighted by molar-refractivity contribution is -0.121. The average molecular weight is 275 g/mol. The van der Waals surface area contributed by atoms with Crippen LogP contribution in [0, 0.1) is 6.92 Å². The van der Waals surface area contributed by atoms with Crippen molar-refractivity contribution < 1.29 is 4.79 Å². The molecule has 0 radical (unpaired) electrons. The van der Waals surface area contributed by atoms with E-state index in [1.54, 1.807) is 35.9 Å². The van der Waals surface area contributed by atoms with Gasteiger partial charge in [-0.1, -0.05) is 6.07 Å². The topological polar surface area (TPSA) is 63.5 Å². The largest absolute Gasteiger partial charge is 0.306 e. The van der Waals surface area contributed by atoms with E-state index in [4.69, 9.17) is 0 Å². The number of aryl methyl sites for hydroxylation is 1. The quantitative estimate of drug-likeness (QED) is 0.676. The highest BCUT2D eigenvalue weighted by Gasteiger charge is 2.02. The van der Waals surface area contributed by atoms with Crippen molar-refractivity contribution in [3.63, 3.8) is 0 Å². The summed E-state index contributed by atoms with van der Waals surface area (Å²) in [5, 5.41) is 5.83. The van der Waals surface area contributed by atoms with Crippen molar-refractivity contribution in [1.82, 2.24) is 9.99 Å². The second-order valence-electron chi connectivity index (χ2n) is 3.93. The van der Waals surface area contributed by atoms with E-state index in [9.17, 15) is 9.59 Å². The van der Waals surface area contributed by atoms with Crippen molar-refractivity contribution in [2.75, 3.05) is 0 Å². The van der Waals surface area contributed by atoms with Crippen LogP contribution in [0.25, 0.3) is 0 Å². The Kier molecular flexibility index (Phi) is 4.25. The Balaban J connectivity index is 1.92. The number of carbonyl (C=O) groups excluding carboxylic acids is 1. The third kappa shape index (κ3) is 3.62. The highest BCUT2D eigenvalue weighted by Crippen LogP contribution is 2.12. The van der Waals surface area contributed by atoms with Gasteiger partial charge in [-0.2, -0.15) is 5.10 Å². The van der Waals surface area contributed by atoms with Crippen LogP contribution in [0.3, 0.4) is 0 Å². The molecule has 0 aliphatic rings. The lowest BCUT2D eigenvalue weighted by Crippen LogP contribution is -2.28. The zero-order valence-electron chi connectivity index (χ0n) is 10.4. The average Bonchev–Trinajstić information content (AvgIpc) is 2.78. The third-order valence-electron chi connectivity index (χ3n) is 2.49. The smallest absolute Gasteiger partial charge is 0.260 e. The van der Waals surface area contributed by atoms with Gasteiger partial charge in [0, 0.05) is 17.1 Å². The maximum atomic E-state index is 11.6. The summed E-state index contributed by atoms with van der Waals surface area (Å²) >= 11 is 1.55. The van der Waals surface area contributed by atoms with E-state index in [0.29, 0.717) is 0 Å². The second-order valence-corrected chi connectivity index (χ2v) is 4.88. The number of carbonyl (C=O) groups is 1. The summed E-state index contributed by atoms with van der Waals surface area (Å²) in [5.74, 6) is -0.334. The maximum absolute atomic E-state index is 11.6. The van der Waals surface area contributed by atoms with Gasteiger partial charge in [-0.05, 0) is 30.0 Å². The van der Waals surface area contributed by atoms with E-state index < -0.39 is 0 Å². The summed E-state index contributed by atoms with van der Waals surface area (Å²) in [6.45, 7) is 1.93. The Morgan fingerprint density at radius 3 is 3.00 bits per heavy atom. The first-order valence-electron chi connectivity index (χ1n) is 5.68. The van der Waals surface area contributed by atoms with Crippen LogP contribution < -0.4 is 11.0 Å². The Hall–Kier alpha value is -2.21. The number of aromatic nitrogens is 1. The Morgan fingerprint density at radius 2 is 2.32 bits per heavy atom. The number of nitrogens with one attached hydrogen (secondary N) is 1. The number of amides is 1. The van der Waals surface area contributed by atoms with Crippen molar-refractivity contribution in [3.8, 4) is 0 Å². The minimum atomic E-state index is -0.334. The number of rotatable bonds is 4. The lowest BCUT2D eigenvalue weighted by Gasteiger charge is -2.02. The van der Waals surface area contributed by atoms with E-state index in [2.05, 4.69) is 10.5 Å². The van der Waals surface area contributed by atoms with Gasteiger partial charge in [-0.15, -0.1) is 11.3 Å². The molecular weight excluding hydrogens is 262 g/mol. The molecule has 0 saturated carbocycles. The maximum Gasteiger partial charge on any atom is 0.260 e. The molecule has 19 heavy (non-hydrogen) atoms. The summed E-state index contributed by atoms with van der Waals surface area (Å²) < 4.78 is 1.32. The van der Waals surface area contributed by atoms with Crippen molar-refractivity contribution in [2.24, 2.45) is 5.10 Å². The molecule has 5 nitrogen and oxygen atoms in total. The van der Waals surface area contributed by atoms with Crippen LogP contribution in [-0.4, -0.2) is 16.7 Å². The molecular formula is C13H13N3O2S. The number of thiophene rings is 1. The van der Waals surface area contributed by atoms with Gasteiger partial charge in [0.1, 0.15) is 6.54 Å². The number of nitrogens with zero attached hydrogens (tertiary/aromatic N) is 2. The zero-order chi connectivity index (χ0) is 13.7. The summed E-state index contributed by atoms with van der Waals surface area (Å²) in [5.41, 5.74) is 3.30. The fourth-order valence-corrected chi connectivity index (χ4v) is 2.25. The summed E-state index contributed by atoms with van der Waals surface area (Å²) in [4.78, 5) is 24.0. The number of pyridine rings is 1. The molecule has 0 unspecified atom stereocenters. The Bertz CT molecular complexity index is 658. The standard InChI is InChI=1S/C13H13N3O2S/c1-10-5-7-19-11(10)8-14-15-12(17)9-16-6-3-2-4-13(16)18/h2-8H,9H2,1H3,(H,15,17)/b14-8-. The highest BCUT2D eigenvalue weighted by atomic mass is 32.1. The molecule has 1 N–H and O–H groups in total. The Morgan fingerprint density at radius 1 is 1.47 bits per heavy atom. The number of hydrazone groups is 1. The van der Waals surface area contributed by atoms with Gasteiger partial charge in [0.2, 0.25) is 0 Å². The predicted molar refractivity (Wildman–Crippen MR) is 75.5 cm³/mol. The van der Waals surface area contributed by atoms with Crippen molar-refractivity contribution in [2.45, 2.75) is 13.5 Å². The lowest BCUT2D eigenvalue weighted by atomic mass is 10.3. The summed E-state index contributed by atoms with van der Waals surface area (Å²) in [6, 6.07) is 6.73. The van der Waals surface area contributed by atoms with Crippen molar-refractivity contribution >= 4 is 23.5 Å². The summed E-state index contributed by atoms with van der Waals surface area (Å²) in [6.07, 6.45) is 3.17. The van der Waals surface area contributed by atoms with Gasteiger partial charge in [0.15, 0.2) is 0 Å². The summed E-state index contributed by atoms with van der Waals surface area (Å²) in [7, 11) is 0. The van der Waals surface area contributed by atoms with Gasteiger partial charge in [0.25, 0.3) is 11.5 Å². The molecule has 2 heterocycles. The van der Waals surface area contributed by atoms with Crippen LogP contribution in [0.1, 0.15) is 10.4 Å². The van der Waals surface area contributed by atoms with Crippen LogP contribution in [0.4, 0.5) is 0 Å². The number of hydrogen-bond acceptors (Lipinski definition) is 4. The molecule has 0 spiro atoms. The molecule has 6 heteroatoms. The first-order valence-corrected chi connectivity index (χ1v) is 6.56. The van der Waals surface area contributed by atoms with Gasteiger partial charge in [0.05, 0.1) is 6.21 Å². The van der Waals surface area contributed by atoms with E-state index in [1.807, 2.05) is 18.4 Å². The van der Waals surface area contributed by atoms with Crippen LogP contribution >= 0.6 is 11.3 Å². The molecule has 0 fully saturated rings. The molecule has 0 saturated heterocycles. The van der Waals surface area contributed by atoms with Crippen LogP contribution in [0.2, 0.25) is 0 Å². The predicted octanol–water partition coefficient (Wildman–Crippen LogP) is 1.37. The molecule has 2 aromatic heterocycles. The van der Waals surface area contributed by atoms with E-state index in [-0.39, 0.29) is 18.0 Å². The molecule has 1 amide bonds. The van der Waals surface area contributed by atoms with Gasteiger partial charge >= 0.3 is 0 Å². The minimum Gasteiger partial charge on any atom is -0.306 e. The molecule has 0 bridgehead atoms. The highest BCUT2D eigenvalue weighted by molar-refractivity contribution is 7.11. The fraction of sp³-hybridized carbons (Fsp3) is 0.154. The first kappa shape index (κ1) is 13.2. The normalized spacial score (nSPS) is 10.8. The van der Waals surface area contributed by atoms with E-state index in [1.165, 1.54) is 10.6 Å². The molecule has 0 atom stereocenters. The van der Waals surface area contributed by atoms with Crippen LogP contribution in [0.5, 0.6) is 0 Å². The van der Waals surface area contributed by atoms with Crippen molar-refractivity contribution in [1.29, 1.82) is 0 Å². The number of hydrogen-bond donors (Lipinski definition) is 1. The van der Waals surface area contributed by atoms with Gasteiger partial charge < -0.3 is 4.57 Å². The van der Waals surface area contributed by atoms with Gasteiger partial charge in [-0.3, -0.25) is 9.59 Å². The molecule has 0 aliphatic carbocycles. The van der Waals surface area contributed by atoms with Crippen LogP contribution in [0.15, 0.2) is 45.7 Å².